The van der Waals surface area contributed by atoms with E-state index >= 15 is 0 Å². The maximum atomic E-state index is 11.6. The van der Waals surface area contributed by atoms with Gasteiger partial charge in [0, 0.05) is 0 Å². The zero-order chi connectivity index (χ0) is 19.5. The molecule has 25 heavy (non-hydrogen) atoms. The van der Waals surface area contributed by atoms with Gasteiger partial charge >= 0.3 is 7.60 Å². The Kier molecular flexibility index (Phi) is 11.8. The lowest BCUT2D eigenvalue weighted by molar-refractivity contribution is 0.199. The summed E-state index contributed by atoms with van der Waals surface area (Å²) in [7, 11) is -8.47. The van der Waals surface area contributed by atoms with E-state index in [9.17, 15) is 14.0 Å². The van der Waals surface area contributed by atoms with Crippen molar-refractivity contribution in [3.05, 3.63) is 34.9 Å². The molecule has 0 aromatic rings. The minimum atomic E-state index is -4.51. The van der Waals surface area contributed by atoms with Crippen LogP contribution >= 0.6 is 15.0 Å². The monoisotopic (exact) mass is 394 g/mol. The van der Waals surface area contributed by atoms with E-state index in [1.807, 2.05) is 13.0 Å². The van der Waals surface area contributed by atoms with E-state index in [0.29, 0.717) is 0 Å². The van der Waals surface area contributed by atoms with E-state index in [4.69, 9.17) is 14.5 Å². The lowest BCUT2D eigenvalue weighted by Crippen LogP contribution is -2.00. The van der Waals surface area contributed by atoms with Gasteiger partial charge in [0.25, 0.3) is 0 Å². The summed E-state index contributed by atoms with van der Waals surface area (Å²) in [6.45, 7) is 8.43. The summed E-state index contributed by atoms with van der Waals surface area (Å²) in [6.07, 6.45) is 9.65. The molecule has 6 nitrogen and oxygen atoms in total. The Morgan fingerprint density at radius 1 is 0.880 bits per heavy atom. The van der Waals surface area contributed by atoms with Gasteiger partial charge in [0.15, 0.2) is 0 Å². The summed E-state index contributed by atoms with van der Waals surface area (Å²) in [4.78, 5) is 26.9. The number of hydrogen-bond acceptors (Lipinski definition) is 3. The van der Waals surface area contributed by atoms with E-state index < -0.39 is 27.2 Å². The van der Waals surface area contributed by atoms with Gasteiger partial charge < -0.3 is 19.4 Å². The van der Waals surface area contributed by atoms with Crippen LogP contribution in [0.2, 0.25) is 0 Å². The summed E-state index contributed by atoms with van der Waals surface area (Å²) >= 11 is 0. The van der Waals surface area contributed by atoms with Crippen LogP contribution in [0.3, 0.4) is 0 Å². The largest absolute Gasteiger partial charge is 0.367 e. The molecule has 0 amide bonds. The highest BCUT2D eigenvalue weighted by molar-refractivity contribution is 7.72. The molecule has 3 N–H and O–H groups in total. The lowest BCUT2D eigenvalue weighted by Gasteiger charge is -2.12. The fourth-order valence-electron chi connectivity index (χ4n) is 2.06. The van der Waals surface area contributed by atoms with E-state index in [-0.39, 0.29) is 6.61 Å². The van der Waals surface area contributed by atoms with Crippen molar-refractivity contribution in [3.8, 4) is 0 Å². The van der Waals surface area contributed by atoms with Crippen LogP contribution in [0.25, 0.3) is 0 Å². The maximum Gasteiger partial charge on any atom is 0.335 e. The average Bonchev–Trinajstić information content (AvgIpc) is 2.40. The topological polar surface area (TPSA) is 104 Å². The highest BCUT2D eigenvalue weighted by atomic mass is 31.2. The fourth-order valence-corrected chi connectivity index (χ4v) is 5.08. The summed E-state index contributed by atoms with van der Waals surface area (Å²) in [5, 5.41) is 0. The molecule has 146 valence electrons. The first-order valence-corrected chi connectivity index (χ1v) is 12.1. The molecule has 8 heteroatoms. The molecule has 1 atom stereocenters. The van der Waals surface area contributed by atoms with Crippen molar-refractivity contribution in [2.24, 2.45) is 0 Å². The SMILES string of the molecule is CC(C)=CCCC(C)=CCCC(C)=CCOCP(=O)(O)CP(=O)(O)O. The molecule has 0 radical (unpaired) electrons. The summed E-state index contributed by atoms with van der Waals surface area (Å²) in [5.74, 6) is -1.04. The first-order valence-electron chi connectivity index (χ1n) is 8.29. The van der Waals surface area contributed by atoms with E-state index in [0.717, 1.165) is 31.3 Å². The standard InChI is InChI=1S/C17H32O6P2/c1-15(2)7-5-8-16(3)9-6-10-17(4)11-12-23-13-24(18,19)14-25(20,21)22/h7,9,11H,5-6,8,10,12-14H2,1-4H3,(H,18,19)(H2,20,21,22). The quantitative estimate of drug-likeness (QED) is 0.250. The van der Waals surface area contributed by atoms with Gasteiger partial charge in [-0.1, -0.05) is 34.9 Å². The van der Waals surface area contributed by atoms with Crippen molar-refractivity contribution in [2.45, 2.75) is 53.4 Å². The molecule has 0 aliphatic carbocycles. The van der Waals surface area contributed by atoms with Crippen LogP contribution in [0.1, 0.15) is 53.4 Å². The molecule has 0 aliphatic rings. The van der Waals surface area contributed by atoms with Gasteiger partial charge in [-0.2, -0.15) is 0 Å². The van der Waals surface area contributed by atoms with Gasteiger partial charge in [0.1, 0.15) is 12.3 Å². The van der Waals surface area contributed by atoms with E-state index in [1.54, 1.807) is 0 Å². The molecule has 0 bridgehead atoms. The number of rotatable bonds is 12. The third kappa shape index (κ3) is 16.7. The smallest absolute Gasteiger partial charge is 0.335 e. The second-order valence-electron chi connectivity index (χ2n) is 6.61. The molecule has 0 aromatic heterocycles. The summed E-state index contributed by atoms with van der Waals surface area (Å²) in [5.41, 5.74) is 3.80. The van der Waals surface area contributed by atoms with Gasteiger partial charge in [-0.05, 0) is 53.4 Å². The van der Waals surface area contributed by atoms with Gasteiger partial charge in [0.2, 0.25) is 7.37 Å². The average molecular weight is 394 g/mol. The number of hydrogen-bond donors (Lipinski definition) is 3. The van der Waals surface area contributed by atoms with Crippen LogP contribution < -0.4 is 0 Å². The van der Waals surface area contributed by atoms with Crippen LogP contribution in [-0.4, -0.2) is 33.5 Å². The van der Waals surface area contributed by atoms with Crippen LogP contribution in [0.4, 0.5) is 0 Å². The Labute approximate surface area is 151 Å². The van der Waals surface area contributed by atoms with Crippen LogP contribution in [0, 0.1) is 0 Å². The second kappa shape index (κ2) is 12.0. The normalized spacial score (nSPS) is 15.8. The van der Waals surface area contributed by atoms with Crippen LogP contribution in [0.15, 0.2) is 34.9 Å². The predicted octanol–water partition coefficient (Wildman–Crippen LogP) is 4.79. The molecule has 0 aromatic carbocycles. The van der Waals surface area contributed by atoms with Gasteiger partial charge in [-0.3, -0.25) is 9.13 Å². The van der Waals surface area contributed by atoms with Crippen LogP contribution in [-0.2, 0) is 13.9 Å². The molecule has 1 unspecified atom stereocenters. The van der Waals surface area contributed by atoms with Gasteiger partial charge in [0.05, 0.1) is 6.61 Å². The van der Waals surface area contributed by atoms with Crippen molar-refractivity contribution in [1.82, 2.24) is 0 Å². The van der Waals surface area contributed by atoms with Gasteiger partial charge in [-0.15, -0.1) is 0 Å². The molecule has 0 aliphatic heterocycles. The molecule has 0 rings (SSSR count). The second-order valence-corrected chi connectivity index (χ2v) is 11.0. The summed E-state index contributed by atoms with van der Waals surface area (Å²) < 4.78 is 27.4. The zero-order valence-electron chi connectivity index (χ0n) is 15.6. The molecule has 0 saturated heterocycles. The maximum absolute atomic E-state index is 11.6. The third-order valence-corrected chi connectivity index (χ3v) is 7.20. The molecular formula is C17H32O6P2. The number of ether oxygens (including phenoxy) is 1. The summed E-state index contributed by atoms with van der Waals surface area (Å²) in [6, 6.07) is 0. The van der Waals surface area contributed by atoms with E-state index in [2.05, 4.69) is 32.9 Å². The van der Waals surface area contributed by atoms with Crippen molar-refractivity contribution >= 4 is 15.0 Å². The van der Waals surface area contributed by atoms with E-state index in [1.165, 1.54) is 11.1 Å². The molecule has 0 fully saturated rings. The fraction of sp³-hybridized carbons (Fsp3) is 0.647. The Bertz CT molecular complexity index is 582. The zero-order valence-corrected chi connectivity index (χ0v) is 17.4. The Hall–Kier alpha value is -0.480. The van der Waals surface area contributed by atoms with Gasteiger partial charge in [-0.25, -0.2) is 0 Å². The highest BCUT2D eigenvalue weighted by Crippen LogP contribution is 2.54. The first-order chi connectivity index (χ1) is 11.4. The molecular weight excluding hydrogens is 362 g/mol. The minimum absolute atomic E-state index is 0.154. The lowest BCUT2D eigenvalue weighted by atomic mass is 10.1. The van der Waals surface area contributed by atoms with Crippen molar-refractivity contribution in [2.75, 3.05) is 18.9 Å². The van der Waals surface area contributed by atoms with Crippen molar-refractivity contribution in [1.29, 1.82) is 0 Å². The Morgan fingerprint density at radius 2 is 1.40 bits per heavy atom. The molecule has 0 spiro atoms. The highest BCUT2D eigenvalue weighted by Gasteiger charge is 2.29. The molecule has 0 heterocycles. The predicted molar refractivity (Wildman–Crippen MR) is 103 cm³/mol. The Balaban J connectivity index is 4.08. The molecule has 0 saturated carbocycles. The Morgan fingerprint density at radius 3 is 1.92 bits per heavy atom. The van der Waals surface area contributed by atoms with Crippen molar-refractivity contribution < 1.29 is 28.5 Å². The first kappa shape index (κ1) is 24.5. The van der Waals surface area contributed by atoms with Crippen LogP contribution in [0.5, 0.6) is 0 Å². The number of allylic oxidation sites excluding steroid dienone is 5. The minimum Gasteiger partial charge on any atom is -0.367 e. The van der Waals surface area contributed by atoms with Crippen molar-refractivity contribution in [3.63, 3.8) is 0 Å². The third-order valence-electron chi connectivity index (χ3n) is 3.37.